The molecule has 0 aliphatic carbocycles. The molecule has 0 spiro atoms. The van der Waals surface area contributed by atoms with Crippen LogP contribution in [0.3, 0.4) is 0 Å². The summed E-state index contributed by atoms with van der Waals surface area (Å²) in [6, 6.07) is 22.8. The van der Waals surface area contributed by atoms with Crippen LogP contribution in [0.15, 0.2) is 82.0 Å². The molecule has 8 heteroatoms. The van der Waals surface area contributed by atoms with E-state index in [9.17, 15) is 9.59 Å². The van der Waals surface area contributed by atoms with Crippen LogP contribution in [-0.4, -0.2) is 57.2 Å². The number of nitrogens with zero attached hydrogens (tertiary/aromatic N) is 2. The van der Waals surface area contributed by atoms with Crippen molar-refractivity contribution in [2.45, 2.75) is 13.3 Å². The highest BCUT2D eigenvalue weighted by atomic mass is 35.5. The molecule has 1 saturated heterocycles. The van der Waals surface area contributed by atoms with Crippen molar-refractivity contribution in [3.63, 3.8) is 0 Å². The van der Waals surface area contributed by atoms with Crippen LogP contribution in [0.5, 0.6) is 5.75 Å². The maximum Gasteiger partial charge on any atom is 0.255 e. The van der Waals surface area contributed by atoms with Gasteiger partial charge in [0.15, 0.2) is 11.0 Å². The van der Waals surface area contributed by atoms with Gasteiger partial charge >= 0.3 is 0 Å². The monoisotopic (exact) mass is 547 g/mol. The molecule has 0 radical (unpaired) electrons. The standard InChI is InChI=1S/C31H33N3O4.ClH/c1-22-28(35)24-12-8-13-25(30(24)38-29(22)23-10-4-3-5-11-23)31(36)32-16-9-17-33-18-20-34(21-19-33)26-14-6-7-15-27(26)37-2;/h3-8,10-15H,9,16-21H2,1-2H3,(H,32,36);1H. The first-order chi connectivity index (χ1) is 18.6. The summed E-state index contributed by atoms with van der Waals surface area (Å²) < 4.78 is 11.7. The number of hydrogen-bond acceptors (Lipinski definition) is 6. The van der Waals surface area contributed by atoms with Gasteiger partial charge in [0.1, 0.15) is 11.5 Å². The number of carbonyl (C=O) groups is 1. The van der Waals surface area contributed by atoms with Gasteiger partial charge in [-0.15, -0.1) is 12.4 Å². The number of ether oxygens (including phenoxy) is 1. The van der Waals surface area contributed by atoms with Crippen molar-refractivity contribution >= 4 is 35.0 Å². The van der Waals surface area contributed by atoms with E-state index < -0.39 is 0 Å². The topological polar surface area (TPSA) is 75.0 Å². The van der Waals surface area contributed by atoms with Crippen LogP contribution in [0.1, 0.15) is 22.3 Å². The van der Waals surface area contributed by atoms with Crippen molar-refractivity contribution in [2.75, 3.05) is 51.3 Å². The number of piperazine rings is 1. The lowest BCUT2D eigenvalue weighted by Crippen LogP contribution is -2.47. The zero-order valence-corrected chi connectivity index (χ0v) is 23.1. The molecule has 0 saturated carbocycles. The molecule has 0 atom stereocenters. The Kier molecular flexibility index (Phi) is 9.28. The first-order valence-corrected chi connectivity index (χ1v) is 13.1. The Morgan fingerprint density at radius 3 is 2.41 bits per heavy atom. The van der Waals surface area contributed by atoms with Gasteiger partial charge in [-0.25, -0.2) is 0 Å². The van der Waals surface area contributed by atoms with Crippen molar-refractivity contribution in [1.82, 2.24) is 10.2 Å². The molecule has 1 amide bonds. The number of para-hydroxylation sites is 3. The van der Waals surface area contributed by atoms with Crippen LogP contribution in [0.2, 0.25) is 0 Å². The van der Waals surface area contributed by atoms with Crippen molar-refractivity contribution in [2.24, 2.45) is 0 Å². The minimum atomic E-state index is -0.234. The van der Waals surface area contributed by atoms with Crippen LogP contribution < -0.4 is 20.4 Å². The van der Waals surface area contributed by atoms with Crippen LogP contribution >= 0.6 is 12.4 Å². The van der Waals surface area contributed by atoms with E-state index in [0.717, 1.165) is 56.1 Å². The number of carbonyl (C=O) groups excluding carboxylic acids is 1. The smallest absolute Gasteiger partial charge is 0.255 e. The lowest BCUT2D eigenvalue weighted by Gasteiger charge is -2.36. The van der Waals surface area contributed by atoms with E-state index in [1.807, 2.05) is 48.5 Å². The minimum absolute atomic E-state index is 0. The predicted octanol–water partition coefficient (Wildman–Crippen LogP) is 5.14. The lowest BCUT2D eigenvalue weighted by atomic mass is 10.0. The van der Waals surface area contributed by atoms with Crippen molar-refractivity contribution < 1.29 is 13.9 Å². The highest BCUT2D eigenvalue weighted by Gasteiger charge is 2.20. The molecule has 204 valence electrons. The molecular formula is C31H34ClN3O4. The Labute approximate surface area is 234 Å². The number of amides is 1. The molecule has 3 aromatic carbocycles. The molecule has 7 nitrogen and oxygen atoms in total. The molecule has 1 aromatic heterocycles. The number of rotatable bonds is 8. The molecule has 5 rings (SSSR count). The van der Waals surface area contributed by atoms with Gasteiger partial charge in [0.2, 0.25) is 0 Å². The van der Waals surface area contributed by atoms with Crippen LogP contribution in [0.4, 0.5) is 5.69 Å². The minimum Gasteiger partial charge on any atom is -0.495 e. The van der Waals surface area contributed by atoms with Gasteiger partial charge in [0.25, 0.3) is 5.91 Å². The first-order valence-electron chi connectivity index (χ1n) is 13.1. The Hall–Kier alpha value is -3.81. The summed E-state index contributed by atoms with van der Waals surface area (Å²) in [5.41, 5.74) is 3.06. The number of fused-ring (bicyclic) bond motifs is 1. The fraction of sp³-hybridized carbons (Fsp3) is 0.290. The molecule has 1 aliphatic rings. The summed E-state index contributed by atoms with van der Waals surface area (Å²) in [5.74, 6) is 1.16. The number of nitrogens with one attached hydrogen (secondary N) is 1. The largest absolute Gasteiger partial charge is 0.495 e. The Morgan fingerprint density at radius 1 is 0.949 bits per heavy atom. The predicted molar refractivity (Wildman–Crippen MR) is 159 cm³/mol. The van der Waals surface area contributed by atoms with Crippen LogP contribution in [0, 0.1) is 6.92 Å². The second-order valence-electron chi connectivity index (χ2n) is 9.54. The van der Waals surface area contributed by atoms with E-state index in [2.05, 4.69) is 21.2 Å². The SMILES string of the molecule is COc1ccccc1N1CCN(CCCNC(=O)c2cccc3c(=O)c(C)c(-c4ccccc4)oc23)CC1.Cl. The normalized spacial score (nSPS) is 13.6. The third-order valence-corrected chi connectivity index (χ3v) is 7.16. The van der Waals surface area contributed by atoms with E-state index in [1.165, 1.54) is 0 Å². The number of halogens is 1. The molecule has 2 heterocycles. The highest BCUT2D eigenvalue weighted by molar-refractivity contribution is 6.05. The van der Waals surface area contributed by atoms with E-state index >= 15 is 0 Å². The van der Waals surface area contributed by atoms with Gasteiger partial charge in [0.05, 0.1) is 23.7 Å². The zero-order chi connectivity index (χ0) is 26.5. The van der Waals surface area contributed by atoms with E-state index in [0.29, 0.717) is 34.4 Å². The van der Waals surface area contributed by atoms with Crippen molar-refractivity contribution in [3.8, 4) is 17.1 Å². The summed E-state index contributed by atoms with van der Waals surface area (Å²) in [6.07, 6.45) is 0.837. The molecule has 4 aromatic rings. The van der Waals surface area contributed by atoms with E-state index in [-0.39, 0.29) is 23.7 Å². The van der Waals surface area contributed by atoms with Gasteiger partial charge in [-0.2, -0.15) is 0 Å². The maximum atomic E-state index is 13.1. The second-order valence-corrected chi connectivity index (χ2v) is 9.54. The van der Waals surface area contributed by atoms with E-state index in [4.69, 9.17) is 9.15 Å². The van der Waals surface area contributed by atoms with Gasteiger partial charge in [-0.05, 0) is 44.2 Å². The Balaban J connectivity index is 0.00000353. The average molecular weight is 548 g/mol. The molecule has 1 fully saturated rings. The Morgan fingerprint density at radius 2 is 1.67 bits per heavy atom. The summed E-state index contributed by atoms with van der Waals surface area (Å²) in [6.45, 7) is 7.00. The average Bonchev–Trinajstić information content (AvgIpc) is 2.97. The van der Waals surface area contributed by atoms with Crippen molar-refractivity contribution in [3.05, 3.63) is 94.1 Å². The second kappa shape index (κ2) is 12.8. The van der Waals surface area contributed by atoms with Crippen LogP contribution in [0.25, 0.3) is 22.3 Å². The fourth-order valence-corrected chi connectivity index (χ4v) is 5.06. The summed E-state index contributed by atoms with van der Waals surface area (Å²) in [7, 11) is 1.71. The summed E-state index contributed by atoms with van der Waals surface area (Å²) in [5, 5.41) is 3.44. The summed E-state index contributed by atoms with van der Waals surface area (Å²) >= 11 is 0. The lowest BCUT2D eigenvalue weighted by molar-refractivity contribution is 0.0952. The third kappa shape index (κ3) is 6.10. The number of methoxy groups -OCH3 is 1. The molecular weight excluding hydrogens is 514 g/mol. The number of hydrogen-bond donors (Lipinski definition) is 1. The maximum absolute atomic E-state index is 13.1. The Bertz CT molecular complexity index is 1480. The van der Waals surface area contributed by atoms with Gasteiger partial charge in [-0.3, -0.25) is 14.5 Å². The molecule has 1 aliphatic heterocycles. The van der Waals surface area contributed by atoms with Crippen LogP contribution in [-0.2, 0) is 0 Å². The molecule has 1 N–H and O–H groups in total. The number of anilines is 1. The van der Waals surface area contributed by atoms with Crippen molar-refractivity contribution in [1.29, 1.82) is 0 Å². The first kappa shape index (κ1) is 28.2. The quantitative estimate of drug-likeness (QED) is 0.308. The van der Waals surface area contributed by atoms with Gasteiger partial charge < -0.3 is 19.4 Å². The summed E-state index contributed by atoms with van der Waals surface area (Å²) in [4.78, 5) is 31.0. The zero-order valence-electron chi connectivity index (χ0n) is 22.3. The van der Waals surface area contributed by atoms with E-state index in [1.54, 1.807) is 32.2 Å². The van der Waals surface area contributed by atoms with Gasteiger partial charge in [-0.1, -0.05) is 48.5 Å². The molecule has 39 heavy (non-hydrogen) atoms. The highest BCUT2D eigenvalue weighted by Crippen LogP contribution is 2.29. The fourth-order valence-electron chi connectivity index (χ4n) is 5.06. The third-order valence-electron chi connectivity index (χ3n) is 7.16. The van der Waals surface area contributed by atoms with Gasteiger partial charge in [0, 0.05) is 43.9 Å². The molecule has 0 unspecified atom stereocenters. The number of benzene rings is 3. The molecule has 0 bridgehead atoms.